The molecule has 5 aromatic rings. The summed E-state index contributed by atoms with van der Waals surface area (Å²) >= 11 is 3.51. The number of anilines is 2. The van der Waals surface area contributed by atoms with Crippen molar-refractivity contribution >= 4 is 44.2 Å². The van der Waals surface area contributed by atoms with Crippen LogP contribution in [0.3, 0.4) is 0 Å². The van der Waals surface area contributed by atoms with E-state index in [1.807, 2.05) is 83.8 Å². The fourth-order valence-corrected chi connectivity index (χ4v) is 4.75. The summed E-state index contributed by atoms with van der Waals surface area (Å²) in [7, 11) is 0. The van der Waals surface area contributed by atoms with Gasteiger partial charge in [0.05, 0.1) is 11.1 Å². The maximum absolute atomic E-state index is 13.1. The molecule has 1 aromatic heterocycles. The number of aromatic nitrogens is 2. The first-order chi connectivity index (χ1) is 19.3. The predicted octanol–water partition coefficient (Wildman–Crippen LogP) is 8.11. The number of halogens is 4. The van der Waals surface area contributed by atoms with Crippen LogP contribution in [0.5, 0.6) is 0 Å². The third-order valence-electron chi connectivity index (χ3n) is 6.26. The van der Waals surface area contributed by atoms with Gasteiger partial charge in [0.25, 0.3) is 0 Å². The van der Waals surface area contributed by atoms with Crippen LogP contribution in [0, 0.1) is 0 Å². The molecular weight excluding hydrogens is 581 g/mol. The molecule has 4 aromatic carbocycles. The summed E-state index contributed by atoms with van der Waals surface area (Å²) in [4.78, 5) is 24.6. The second-order valence-electron chi connectivity index (χ2n) is 9.18. The molecule has 0 fully saturated rings. The van der Waals surface area contributed by atoms with Crippen molar-refractivity contribution in [3.8, 4) is 11.4 Å². The van der Waals surface area contributed by atoms with E-state index in [-0.39, 0.29) is 18.7 Å². The summed E-state index contributed by atoms with van der Waals surface area (Å²) in [6.07, 6.45) is -4.46. The van der Waals surface area contributed by atoms with Crippen LogP contribution in [0.15, 0.2) is 108 Å². The van der Waals surface area contributed by atoms with E-state index < -0.39 is 17.6 Å². The molecule has 5 rings (SSSR count). The van der Waals surface area contributed by atoms with Crippen LogP contribution in [0.25, 0.3) is 22.3 Å². The molecule has 40 heavy (non-hydrogen) atoms. The van der Waals surface area contributed by atoms with E-state index in [0.717, 1.165) is 38.6 Å². The van der Waals surface area contributed by atoms with Gasteiger partial charge in [0.15, 0.2) is 5.82 Å². The molecule has 5 nitrogen and oxygen atoms in total. The highest BCUT2D eigenvalue weighted by Gasteiger charge is 2.30. The quantitative estimate of drug-likeness (QED) is 0.194. The molecule has 0 saturated heterocycles. The highest BCUT2D eigenvalue weighted by atomic mass is 79.9. The Kier molecular flexibility index (Phi) is 8.11. The van der Waals surface area contributed by atoms with Crippen molar-refractivity contribution in [3.05, 3.63) is 119 Å². The van der Waals surface area contributed by atoms with Crippen molar-refractivity contribution in [1.29, 1.82) is 0 Å². The molecule has 0 unspecified atom stereocenters. The van der Waals surface area contributed by atoms with E-state index in [1.165, 1.54) is 12.1 Å². The molecular formula is C31H24BrF3N4O. The maximum Gasteiger partial charge on any atom is 0.416 e. The largest absolute Gasteiger partial charge is 0.416 e. The summed E-state index contributed by atoms with van der Waals surface area (Å²) in [6, 6.07) is 29.8. The first-order valence-electron chi connectivity index (χ1n) is 12.5. The summed E-state index contributed by atoms with van der Waals surface area (Å²) in [5.74, 6) is 0.806. The van der Waals surface area contributed by atoms with Gasteiger partial charge in [0, 0.05) is 40.6 Å². The number of amides is 1. The van der Waals surface area contributed by atoms with Crippen molar-refractivity contribution in [2.45, 2.75) is 19.1 Å². The monoisotopic (exact) mass is 604 g/mol. The van der Waals surface area contributed by atoms with Gasteiger partial charge < -0.3 is 10.2 Å². The van der Waals surface area contributed by atoms with Gasteiger partial charge in [0.1, 0.15) is 5.82 Å². The van der Waals surface area contributed by atoms with Gasteiger partial charge in [-0.3, -0.25) is 4.79 Å². The third kappa shape index (κ3) is 6.66. The van der Waals surface area contributed by atoms with Crippen molar-refractivity contribution in [2.24, 2.45) is 0 Å². The van der Waals surface area contributed by atoms with Crippen LogP contribution in [0.2, 0.25) is 0 Å². The Morgan fingerprint density at radius 2 is 1.60 bits per heavy atom. The summed E-state index contributed by atoms with van der Waals surface area (Å²) in [5.41, 5.74) is 1.90. The number of carbonyl (C=O) groups excluding carboxylic acids is 1. The maximum atomic E-state index is 13.1. The molecule has 9 heteroatoms. The zero-order chi connectivity index (χ0) is 28.1. The van der Waals surface area contributed by atoms with E-state index in [2.05, 4.69) is 21.2 Å². The van der Waals surface area contributed by atoms with Gasteiger partial charge in [0.2, 0.25) is 5.91 Å². The van der Waals surface area contributed by atoms with Gasteiger partial charge in [-0.15, -0.1) is 0 Å². The normalized spacial score (nSPS) is 11.4. The Morgan fingerprint density at radius 1 is 0.850 bits per heavy atom. The van der Waals surface area contributed by atoms with Crippen LogP contribution in [0.4, 0.5) is 24.7 Å². The number of fused-ring (bicyclic) bond motifs is 1. The molecule has 0 aliphatic rings. The number of hydrogen-bond donors (Lipinski definition) is 1. The minimum Gasteiger partial charge on any atom is -0.351 e. The van der Waals surface area contributed by atoms with Crippen molar-refractivity contribution in [1.82, 2.24) is 9.97 Å². The van der Waals surface area contributed by atoms with Crippen LogP contribution in [0.1, 0.15) is 17.5 Å². The molecule has 0 aliphatic heterocycles. The SMILES string of the molecule is O=C(CCN(Cc1ccccc1)c1nc(-c2cccc(Br)c2)nc2ccccc12)Nc1cccc(C(F)(F)F)c1. The molecule has 0 radical (unpaired) electrons. The Labute approximate surface area is 237 Å². The van der Waals surface area contributed by atoms with Crippen molar-refractivity contribution < 1.29 is 18.0 Å². The fourth-order valence-electron chi connectivity index (χ4n) is 4.35. The summed E-state index contributed by atoms with van der Waals surface area (Å²) in [6.45, 7) is 0.745. The zero-order valence-electron chi connectivity index (χ0n) is 21.2. The highest BCUT2D eigenvalue weighted by Crippen LogP contribution is 2.32. The van der Waals surface area contributed by atoms with Gasteiger partial charge in [-0.1, -0.05) is 76.6 Å². The number of benzene rings is 4. The molecule has 0 spiro atoms. The zero-order valence-corrected chi connectivity index (χ0v) is 22.8. The van der Waals surface area contributed by atoms with Gasteiger partial charge in [-0.2, -0.15) is 13.2 Å². The highest BCUT2D eigenvalue weighted by molar-refractivity contribution is 9.10. The van der Waals surface area contributed by atoms with Gasteiger partial charge >= 0.3 is 6.18 Å². The fraction of sp³-hybridized carbons (Fsp3) is 0.129. The minimum atomic E-state index is -4.49. The van der Waals surface area contributed by atoms with E-state index in [4.69, 9.17) is 9.97 Å². The second kappa shape index (κ2) is 11.9. The number of alkyl halides is 3. The van der Waals surface area contributed by atoms with Crippen molar-refractivity contribution in [3.63, 3.8) is 0 Å². The van der Waals surface area contributed by atoms with Crippen LogP contribution < -0.4 is 10.2 Å². The van der Waals surface area contributed by atoms with E-state index in [1.54, 1.807) is 0 Å². The lowest BCUT2D eigenvalue weighted by molar-refractivity contribution is -0.137. The van der Waals surface area contributed by atoms with Crippen molar-refractivity contribution in [2.75, 3.05) is 16.8 Å². The Balaban J connectivity index is 1.47. The van der Waals surface area contributed by atoms with E-state index in [0.29, 0.717) is 18.2 Å². The van der Waals surface area contributed by atoms with Gasteiger partial charge in [-0.25, -0.2) is 9.97 Å². The number of hydrogen-bond acceptors (Lipinski definition) is 4. The molecule has 0 saturated carbocycles. The molecule has 0 atom stereocenters. The first kappa shape index (κ1) is 27.3. The molecule has 202 valence electrons. The molecule has 1 heterocycles. The molecule has 1 N–H and O–H groups in total. The lowest BCUT2D eigenvalue weighted by Gasteiger charge is -2.25. The van der Waals surface area contributed by atoms with E-state index in [9.17, 15) is 18.0 Å². The molecule has 1 amide bonds. The number of rotatable bonds is 8. The van der Waals surface area contributed by atoms with Crippen LogP contribution >= 0.6 is 15.9 Å². The van der Waals surface area contributed by atoms with Crippen LogP contribution in [-0.4, -0.2) is 22.4 Å². The molecule has 0 aliphatic carbocycles. The third-order valence-corrected chi connectivity index (χ3v) is 6.76. The topological polar surface area (TPSA) is 58.1 Å². The second-order valence-corrected chi connectivity index (χ2v) is 10.1. The minimum absolute atomic E-state index is 0.0353. The smallest absolute Gasteiger partial charge is 0.351 e. The number of nitrogens with one attached hydrogen (secondary N) is 1. The number of carbonyl (C=O) groups is 1. The lowest BCUT2D eigenvalue weighted by Crippen LogP contribution is -2.28. The Morgan fingerprint density at radius 3 is 2.38 bits per heavy atom. The predicted molar refractivity (Wildman–Crippen MR) is 155 cm³/mol. The standard InChI is InChI=1S/C31H24BrF3N4O/c32-24-12-6-10-22(18-24)29-37-27-15-5-4-14-26(27)30(38-29)39(20-21-8-2-1-3-9-21)17-16-28(40)36-25-13-7-11-23(19-25)31(33,34)35/h1-15,18-19H,16-17,20H2,(H,36,40). The summed E-state index contributed by atoms with van der Waals surface area (Å²) < 4.78 is 40.3. The lowest BCUT2D eigenvalue weighted by atomic mass is 10.1. The van der Waals surface area contributed by atoms with Gasteiger partial charge in [-0.05, 0) is 48.0 Å². The van der Waals surface area contributed by atoms with E-state index >= 15 is 0 Å². The number of para-hydroxylation sites is 1. The Bertz CT molecular complexity index is 1640. The number of nitrogens with zero attached hydrogens (tertiary/aromatic N) is 3. The average Bonchev–Trinajstić information content (AvgIpc) is 2.95. The first-order valence-corrected chi connectivity index (χ1v) is 13.3. The summed E-state index contributed by atoms with van der Waals surface area (Å²) in [5, 5.41) is 3.43. The van der Waals surface area contributed by atoms with Crippen LogP contribution in [-0.2, 0) is 17.5 Å². The Hall–Kier alpha value is -4.24. The average molecular weight is 605 g/mol. The molecule has 0 bridgehead atoms.